The molecule has 0 fully saturated rings. The highest BCUT2D eigenvalue weighted by molar-refractivity contribution is 5.85. The standard InChI is InChI=1S/C12H6F5/c13-11(14,12(15,16)17)10-7-3-5-8-4-1-2-6-9(8)10/h1-4,6-7H. The lowest BCUT2D eigenvalue weighted by molar-refractivity contribution is -0.288. The van der Waals surface area contributed by atoms with Gasteiger partial charge in [-0.3, -0.25) is 0 Å². The van der Waals surface area contributed by atoms with Crippen LogP contribution < -0.4 is 0 Å². The number of fused-ring (bicyclic) bond motifs is 1. The third-order valence-corrected chi connectivity index (χ3v) is 2.40. The van der Waals surface area contributed by atoms with Gasteiger partial charge in [0, 0.05) is 5.56 Å². The summed E-state index contributed by atoms with van der Waals surface area (Å²) in [6.07, 6.45) is -5.60. The SMILES string of the molecule is FC(F)(F)C(F)(F)c1cc[c]c2ccccc12. The van der Waals surface area contributed by atoms with Crippen molar-refractivity contribution >= 4 is 10.8 Å². The Kier molecular flexibility index (Phi) is 2.56. The molecule has 0 atom stereocenters. The van der Waals surface area contributed by atoms with Crippen molar-refractivity contribution in [3.8, 4) is 0 Å². The highest BCUT2D eigenvalue weighted by Gasteiger charge is 2.59. The Morgan fingerprint density at radius 1 is 0.882 bits per heavy atom. The molecule has 17 heavy (non-hydrogen) atoms. The van der Waals surface area contributed by atoms with Gasteiger partial charge in [-0.1, -0.05) is 36.4 Å². The van der Waals surface area contributed by atoms with Crippen LogP contribution in [0.5, 0.6) is 0 Å². The predicted octanol–water partition coefficient (Wildman–Crippen LogP) is 4.29. The van der Waals surface area contributed by atoms with Gasteiger partial charge in [-0.25, -0.2) is 0 Å². The second kappa shape index (κ2) is 3.68. The van der Waals surface area contributed by atoms with Crippen LogP contribution in [0.25, 0.3) is 10.8 Å². The number of hydrogen-bond donors (Lipinski definition) is 0. The maximum absolute atomic E-state index is 13.3. The topological polar surface area (TPSA) is 0 Å². The Hall–Kier alpha value is -1.65. The Bertz CT molecular complexity index is 537. The van der Waals surface area contributed by atoms with Crippen molar-refractivity contribution in [2.24, 2.45) is 0 Å². The van der Waals surface area contributed by atoms with Crippen LogP contribution in [0.1, 0.15) is 5.56 Å². The van der Waals surface area contributed by atoms with E-state index in [0.29, 0.717) is 0 Å². The zero-order valence-corrected chi connectivity index (χ0v) is 8.35. The van der Waals surface area contributed by atoms with Gasteiger partial charge >= 0.3 is 12.1 Å². The second-order valence-electron chi connectivity index (χ2n) is 3.51. The average Bonchev–Trinajstić information content (AvgIpc) is 2.26. The molecule has 2 aromatic rings. The number of benzene rings is 2. The molecule has 0 aliphatic heterocycles. The van der Waals surface area contributed by atoms with E-state index in [1.165, 1.54) is 18.2 Å². The fourth-order valence-electron chi connectivity index (χ4n) is 1.57. The summed E-state index contributed by atoms with van der Waals surface area (Å²) in [5, 5.41) is 0.0891. The number of halogens is 5. The van der Waals surface area contributed by atoms with E-state index in [-0.39, 0.29) is 10.8 Å². The minimum absolute atomic E-state index is 0.141. The largest absolute Gasteiger partial charge is 0.458 e. The summed E-state index contributed by atoms with van der Waals surface area (Å²) in [6.45, 7) is 0. The van der Waals surface area contributed by atoms with Crippen molar-refractivity contribution in [3.05, 3.63) is 48.0 Å². The van der Waals surface area contributed by atoms with Crippen LogP contribution in [-0.4, -0.2) is 6.18 Å². The number of hydrogen-bond acceptors (Lipinski definition) is 0. The van der Waals surface area contributed by atoms with Crippen LogP contribution >= 0.6 is 0 Å². The molecule has 1 radical (unpaired) electrons. The highest BCUT2D eigenvalue weighted by atomic mass is 19.4. The third-order valence-electron chi connectivity index (χ3n) is 2.40. The molecule has 0 amide bonds. The Morgan fingerprint density at radius 2 is 1.53 bits per heavy atom. The molecule has 0 nitrogen and oxygen atoms in total. The fraction of sp³-hybridized carbons (Fsp3) is 0.167. The average molecular weight is 245 g/mol. The molecule has 0 aromatic heterocycles. The number of alkyl halides is 5. The second-order valence-corrected chi connectivity index (χ2v) is 3.51. The molecule has 0 aliphatic carbocycles. The number of rotatable bonds is 1. The molecule has 0 heterocycles. The molecule has 89 valence electrons. The van der Waals surface area contributed by atoms with Gasteiger partial charge < -0.3 is 0 Å². The van der Waals surface area contributed by atoms with Gasteiger partial charge in [0.1, 0.15) is 0 Å². The van der Waals surface area contributed by atoms with Gasteiger partial charge in [0.25, 0.3) is 0 Å². The Morgan fingerprint density at radius 3 is 2.18 bits per heavy atom. The van der Waals surface area contributed by atoms with Gasteiger partial charge in [-0.2, -0.15) is 22.0 Å². The lowest BCUT2D eigenvalue weighted by Crippen LogP contribution is -2.33. The van der Waals surface area contributed by atoms with Crippen LogP contribution in [0.3, 0.4) is 0 Å². The summed E-state index contributed by atoms with van der Waals surface area (Å²) in [7, 11) is 0. The molecule has 5 heteroatoms. The fourth-order valence-corrected chi connectivity index (χ4v) is 1.57. The molecule has 0 saturated heterocycles. The van der Waals surface area contributed by atoms with Gasteiger partial charge in [-0.15, -0.1) is 0 Å². The molecule has 0 N–H and O–H groups in total. The predicted molar refractivity (Wildman–Crippen MR) is 52.7 cm³/mol. The first-order valence-electron chi connectivity index (χ1n) is 4.68. The normalized spacial score (nSPS) is 13.0. The van der Waals surface area contributed by atoms with Gasteiger partial charge in [0.05, 0.1) is 0 Å². The summed E-state index contributed by atoms with van der Waals surface area (Å²) >= 11 is 0. The molecule has 2 aromatic carbocycles. The zero-order chi connectivity index (χ0) is 12.7. The minimum Gasteiger partial charge on any atom is -0.191 e. The molecular weight excluding hydrogens is 239 g/mol. The third kappa shape index (κ3) is 1.85. The first-order chi connectivity index (χ1) is 7.84. The lowest BCUT2D eigenvalue weighted by atomic mass is 9.99. The van der Waals surface area contributed by atoms with Crippen molar-refractivity contribution in [1.82, 2.24) is 0 Å². The van der Waals surface area contributed by atoms with Gasteiger partial charge in [0.15, 0.2) is 0 Å². The van der Waals surface area contributed by atoms with Crippen molar-refractivity contribution in [1.29, 1.82) is 0 Å². The first kappa shape index (κ1) is 11.8. The van der Waals surface area contributed by atoms with Crippen molar-refractivity contribution in [2.75, 3.05) is 0 Å². The van der Waals surface area contributed by atoms with E-state index in [1.54, 1.807) is 6.07 Å². The lowest BCUT2D eigenvalue weighted by Gasteiger charge is -2.21. The summed E-state index contributed by atoms with van der Waals surface area (Å²) in [6, 6.07) is 10.0. The van der Waals surface area contributed by atoms with Crippen molar-refractivity contribution in [2.45, 2.75) is 12.1 Å². The van der Waals surface area contributed by atoms with E-state index in [4.69, 9.17) is 0 Å². The van der Waals surface area contributed by atoms with E-state index >= 15 is 0 Å². The highest BCUT2D eigenvalue weighted by Crippen LogP contribution is 2.45. The summed E-state index contributed by atoms with van der Waals surface area (Å²) < 4.78 is 63.4. The van der Waals surface area contributed by atoms with E-state index in [0.717, 1.165) is 12.1 Å². The monoisotopic (exact) mass is 245 g/mol. The summed E-state index contributed by atoms with van der Waals surface area (Å²) in [4.78, 5) is 0. The molecular formula is C12H6F5. The van der Waals surface area contributed by atoms with E-state index in [9.17, 15) is 22.0 Å². The molecule has 0 aliphatic rings. The van der Waals surface area contributed by atoms with Gasteiger partial charge in [0.2, 0.25) is 0 Å². The minimum atomic E-state index is -5.60. The van der Waals surface area contributed by atoms with E-state index in [2.05, 4.69) is 6.07 Å². The molecule has 0 spiro atoms. The van der Waals surface area contributed by atoms with E-state index in [1.807, 2.05) is 0 Å². The maximum Gasteiger partial charge on any atom is 0.458 e. The van der Waals surface area contributed by atoms with Crippen LogP contribution in [0.15, 0.2) is 36.4 Å². The maximum atomic E-state index is 13.3. The van der Waals surface area contributed by atoms with Crippen LogP contribution in [0.2, 0.25) is 0 Å². The van der Waals surface area contributed by atoms with Crippen LogP contribution in [0.4, 0.5) is 22.0 Å². The van der Waals surface area contributed by atoms with Crippen molar-refractivity contribution in [3.63, 3.8) is 0 Å². The molecule has 2 rings (SSSR count). The van der Waals surface area contributed by atoms with E-state index < -0.39 is 17.7 Å². The zero-order valence-electron chi connectivity index (χ0n) is 8.35. The smallest absolute Gasteiger partial charge is 0.191 e. The first-order valence-corrected chi connectivity index (χ1v) is 4.68. The van der Waals surface area contributed by atoms with Crippen LogP contribution in [0, 0.1) is 6.07 Å². The summed E-state index contributed by atoms with van der Waals surface area (Å²) in [5.74, 6) is -4.86. The van der Waals surface area contributed by atoms with Gasteiger partial charge in [-0.05, 0) is 16.8 Å². The Balaban J connectivity index is 2.72. The summed E-state index contributed by atoms with van der Waals surface area (Å²) in [5.41, 5.74) is -1.04. The molecule has 0 saturated carbocycles. The Labute approximate surface area is 93.7 Å². The quantitative estimate of drug-likeness (QED) is 0.657. The van der Waals surface area contributed by atoms with Crippen LogP contribution in [-0.2, 0) is 5.92 Å². The molecule has 0 bridgehead atoms. The molecule has 0 unspecified atom stereocenters. The van der Waals surface area contributed by atoms with Crippen molar-refractivity contribution < 1.29 is 22.0 Å².